The Morgan fingerprint density at radius 1 is 1.20 bits per heavy atom. The maximum atomic E-state index is 14.7. The van der Waals surface area contributed by atoms with E-state index in [-0.39, 0.29) is 10.8 Å². The van der Waals surface area contributed by atoms with Crippen molar-refractivity contribution < 1.29 is 22.5 Å². The Bertz CT molecular complexity index is 677. The van der Waals surface area contributed by atoms with E-state index in [9.17, 15) is 22.5 Å². The highest BCUT2D eigenvalue weighted by atomic mass is 32.2. The second-order valence-corrected chi connectivity index (χ2v) is 8.40. The minimum absolute atomic E-state index is 0.141. The van der Waals surface area contributed by atoms with E-state index >= 15 is 0 Å². The van der Waals surface area contributed by atoms with Crippen LogP contribution in [0.1, 0.15) is 34.1 Å². The first kappa shape index (κ1) is 21.2. The number of hydrogen-bond acceptors (Lipinski definition) is 4. The molecule has 1 N–H and O–H groups in total. The van der Waals surface area contributed by atoms with Gasteiger partial charge < -0.3 is 10.1 Å². The third-order valence-electron chi connectivity index (χ3n) is 3.61. The van der Waals surface area contributed by atoms with E-state index in [1.54, 1.807) is 6.07 Å². The Morgan fingerprint density at radius 3 is 2.20 bits per heavy atom. The number of aldehydes is 1. The quantitative estimate of drug-likeness (QED) is 0.533. The predicted octanol–water partition coefficient (Wildman–Crippen LogP) is 2.32. The Labute approximate surface area is 148 Å². The molecule has 0 saturated heterocycles. The topological polar surface area (TPSA) is 83.6 Å². The lowest BCUT2D eigenvalue weighted by Gasteiger charge is -2.27. The third-order valence-corrected chi connectivity index (χ3v) is 5.16. The molecule has 0 heterocycles. The third kappa shape index (κ3) is 5.61. The van der Waals surface area contributed by atoms with Crippen molar-refractivity contribution in [2.24, 2.45) is 11.8 Å². The van der Waals surface area contributed by atoms with Crippen molar-refractivity contribution >= 4 is 22.2 Å². The number of halogens is 1. The summed E-state index contributed by atoms with van der Waals surface area (Å²) in [7, 11) is -4.48. The van der Waals surface area contributed by atoms with Crippen LogP contribution in [-0.4, -0.2) is 37.2 Å². The van der Waals surface area contributed by atoms with Crippen molar-refractivity contribution in [2.45, 2.75) is 51.1 Å². The summed E-state index contributed by atoms with van der Waals surface area (Å²) in [6.45, 7) is 6.83. The summed E-state index contributed by atoms with van der Waals surface area (Å²) in [6, 6.07) is 4.69. The molecule has 0 unspecified atom stereocenters. The van der Waals surface area contributed by atoms with Crippen molar-refractivity contribution in [3.05, 3.63) is 30.3 Å². The van der Waals surface area contributed by atoms with Gasteiger partial charge in [-0.25, -0.2) is 8.42 Å². The summed E-state index contributed by atoms with van der Waals surface area (Å²) in [5.41, 5.74) is 0. The molecule has 6 nitrogen and oxygen atoms in total. The van der Waals surface area contributed by atoms with Crippen molar-refractivity contribution in [1.29, 1.82) is 0 Å². The van der Waals surface area contributed by atoms with Crippen LogP contribution in [0, 0.1) is 11.8 Å². The second-order valence-electron chi connectivity index (χ2n) is 6.63. The number of carbonyl (C=O) groups excluding carboxylic acids is 2. The number of nitrogens with zero attached hydrogens (tertiary/aromatic N) is 1. The minimum Gasteiger partial charge on any atom is -0.345 e. The van der Waals surface area contributed by atoms with Gasteiger partial charge in [-0.3, -0.25) is 4.79 Å². The van der Waals surface area contributed by atoms with E-state index in [1.165, 1.54) is 38.1 Å². The molecule has 0 fully saturated rings. The summed E-state index contributed by atoms with van der Waals surface area (Å²) in [5, 5.41) is 2.43. The van der Waals surface area contributed by atoms with Gasteiger partial charge in [0.2, 0.25) is 5.91 Å². The number of rotatable bonds is 9. The summed E-state index contributed by atoms with van der Waals surface area (Å²) < 4.78 is 39.2. The highest BCUT2D eigenvalue weighted by Crippen LogP contribution is 2.22. The van der Waals surface area contributed by atoms with Crippen molar-refractivity contribution in [3.63, 3.8) is 0 Å². The van der Waals surface area contributed by atoms with Gasteiger partial charge in [-0.2, -0.15) is 0 Å². The van der Waals surface area contributed by atoms with E-state index in [0.717, 1.165) is 0 Å². The summed E-state index contributed by atoms with van der Waals surface area (Å²) >= 11 is 0. The Kier molecular flexibility index (Phi) is 7.69. The molecule has 0 radical (unpaired) electrons. The van der Waals surface area contributed by atoms with Crippen molar-refractivity contribution in [1.82, 2.24) is 9.84 Å². The zero-order valence-corrected chi connectivity index (χ0v) is 15.7. The molecule has 1 amide bonds. The van der Waals surface area contributed by atoms with Gasteiger partial charge in [0.05, 0.1) is 10.9 Å². The molecule has 25 heavy (non-hydrogen) atoms. The second kappa shape index (κ2) is 9.05. The van der Waals surface area contributed by atoms with Crippen molar-refractivity contribution in [2.75, 3.05) is 0 Å². The van der Waals surface area contributed by atoms with Crippen LogP contribution in [0.25, 0.3) is 0 Å². The van der Waals surface area contributed by atoms with Gasteiger partial charge in [-0.15, -0.1) is 4.48 Å². The summed E-state index contributed by atoms with van der Waals surface area (Å²) in [6.07, 6.45) is 0.960. The fourth-order valence-electron chi connectivity index (χ4n) is 2.40. The van der Waals surface area contributed by atoms with Gasteiger partial charge in [0.1, 0.15) is 12.3 Å². The Balaban J connectivity index is 3.06. The van der Waals surface area contributed by atoms with Crippen LogP contribution in [0.2, 0.25) is 0 Å². The number of amides is 1. The van der Waals surface area contributed by atoms with Gasteiger partial charge in [0.25, 0.3) is 10.0 Å². The largest absolute Gasteiger partial charge is 0.345 e. The molecule has 1 rings (SSSR count). The monoisotopic (exact) mass is 372 g/mol. The normalized spacial score (nSPS) is 14.6. The molecule has 0 bridgehead atoms. The number of nitrogens with one attached hydrogen (secondary N) is 1. The standard InChI is InChI=1S/C17H25FN2O4S/c1-12(2)10-14(11-21)19-17(22)16(13(3)4)20(18)25(23,24)15-8-6-5-7-9-15/h5-9,11-14,16H,10H2,1-4H3,(H,19,22)/t14-,16+/m1/s1. The molecule has 0 aliphatic carbocycles. The van der Waals surface area contributed by atoms with Crippen LogP contribution in [0.15, 0.2) is 35.2 Å². The molecule has 140 valence electrons. The number of carbonyl (C=O) groups is 2. The predicted molar refractivity (Wildman–Crippen MR) is 92.7 cm³/mol. The lowest BCUT2D eigenvalue weighted by molar-refractivity contribution is -0.132. The fraction of sp³-hybridized carbons (Fsp3) is 0.529. The number of sulfonamides is 1. The van der Waals surface area contributed by atoms with Crippen LogP contribution in [0.4, 0.5) is 4.48 Å². The SMILES string of the molecule is CC(C)C[C@H](C=O)NC(=O)[C@H](C(C)C)N(F)S(=O)(=O)c1ccccc1. The maximum absolute atomic E-state index is 14.7. The molecule has 0 aromatic heterocycles. The first-order chi connectivity index (χ1) is 11.6. The molecule has 1 aromatic carbocycles. The van der Waals surface area contributed by atoms with E-state index in [2.05, 4.69) is 5.32 Å². The van der Waals surface area contributed by atoms with Gasteiger partial charge in [-0.1, -0.05) is 45.9 Å². The maximum Gasteiger partial charge on any atom is 0.269 e. The fourth-order valence-corrected chi connectivity index (χ4v) is 3.74. The van der Waals surface area contributed by atoms with Crippen LogP contribution < -0.4 is 5.32 Å². The van der Waals surface area contributed by atoms with Gasteiger partial charge in [-0.05, 0) is 34.9 Å². The Hall–Kier alpha value is -1.80. The van der Waals surface area contributed by atoms with Gasteiger partial charge in [0, 0.05) is 0 Å². The summed E-state index contributed by atoms with van der Waals surface area (Å²) in [5.74, 6) is -1.33. The van der Waals surface area contributed by atoms with Gasteiger partial charge in [0.15, 0.2) is 0 Å². The highest BCUT2D eigenvalue weighted by molar-refractivity contribution is 7.89. The molecule has 2 atom stereocenters. The zero-order chi connectivity index (χ0) is 19.2. The lowest BCUT2D eigenvalue weighted by atomic mass is 10.0. The molecular formula is C17H25FN2O4S. The van der Waals surface area contributed by atoms with E-state index in [1.807, 2.05) is 13.8 Å². The van der Waals surface area contributed by atoms with E-state index in [0.29, 0.717) is 12.7 Å². The highest BCUT2D eigenvalue weighted by Gasteiger charge is 2.39. The molecule has 8 heteroatoms. The molecule has 0 spiro atoms. The average Bonchev–Trinajstić information content (AvgIpc) is 2.54. The first-order valence-corrected chi connectivity index (χ1v) is 9.56. The number of hydrogen-bond donors (Lipinski definition) is 1. The van der Waals surface area contributed by atoms with Crippen LogP contribution in [0.5, 0.6) is 0 Å². The van der Waals surface area contributed by atoms with E-state index < -0.39 is 38.5 Å². The van der Waals surface area contributed by atoms with E-state index in [4.69, 9.17) is 0 Å². The lowest BCUT2D eigenvalue weighted by Crippen LogP contribution is -2.51. The van der Waals surface area contributed by atoms with Crippen molar-refractivity contribution in [3.8, 4) is 0 Å². The number of benzene rings is 1. The molecule has 0 saturated carbocycles. The molecule has 0 aliphatic rings. The zero-order valence-electron chi connectivity index (χ0n) is 14.8. The van der Waals surface area contributed by atoms with Crippen LogP contribution in [0.3, 0.4) is 0 Å². The minimum atomic E-state index is -4.48. The molecular weight excluding hydrogens is 347 g/mol. The smallest absolute Gasteiger partial charge is 0.269 e. The van der Waals surface area contributed by atoms with Crippen LogP contribution in [-0.2, 0) is 19.6 Å². The van der Waals surface area contributed by atoms with Crippen LogP contribution >= 0.6 is 0 Å². The van der Waals surface area contributed by atoms with Gasteiger partial charge >= 0.3 is 0 Å². The average molecular weight is 372 g/mol. The molecule has 1 aromatic rings. The molecule has 0 aliphatic heterocycles. The Morgan fingerprint density at radius 2 is 1.76 bits per heavy atom. The first-order valence-electron chi connectivity index (χ1n) is 8.12. The summed E-state index contributed by atoms with van der Waals surface area (Å²) in [4.78, 5) is 23.3.